The molecule has 0 bridgehead atoms. The van der Waals surface area contributed by atoms with Gasteiger partial charge in [0.15, 0.2) is 0 Å². The molecule has 1 aromatic heterocycles. The number of methoxy groups -OCH3 is 1. The Labute approximate surface area is 123 Å². The first kappa shape index (κ1) is 14.2. The molecular formula is C15H14ClN3O. The van der Waals surface area contributed by atoms with Gasteiger partial charge in [-0.2, -0.15) is 5.26 Å². The fourth-order valence-corrected chi connectivity index (χ4v) is 1.99. The van der Waals surface area contributed by atoms with Gasteiger partial charge in [0.1, 0.15) is 22.7 Å². The molecule has 0 fully saturated rings. The lowest BCUT2D eigenvalue weighted by atomic mass is 10.1. The smallest absolute Gasteiger partial charge is 0.146 e. The molecule has 102 valence electrons. The summed E-state index contributed by atoms with van der Waals surface area (Å²) in [5.41, 5.74) is 1.61. The van der Waals surface area contributed by atoms with E-state index < -0.39 is 0 Å². The molecule has 0 amide bonds. The molecule has 1 N–H and O–H groups in total. The molecule has 0 atom stereocenters. The first-order chi connectivity index (χ1) is 9.74. The van der Waals surface area contributed by atoms with Crippen molar-refractivity contribution in [3.63, 3.8) is 0 Å². The van der Waals surface area contributed by atoms with E-state index in [1.54, 1.807) is 19.4 Å². The lowest BCUT2D eigenvalue weighted by Crippen LogP contribution is -2.07. The highest BCUT2D eigenvalue weighted by Gasteiger charge is 2.06. The van der Waals surface area contributed by atoms with Crippen LogP contribution in [0.4, 0.5) is 5.82 Å². The van der Waals surface area contributed by atoms with Gasteiger partial charge in [0.05, 0.1) is 12.7 Å². The first-order valence-corrected chi connectivity index (χ1v) is 6.54. The fourth-order valence-electron chi connectivity index (χ4n) is 1.77. The molecule has 20 heavy (non-hydrogen) atoms. The van der Waals surface area contributed by atoms with Gasteiger partial charge >= 0.3 is 0 Å². The van der Waals surface area contributed by atoms with Crippen LogP contribution in [0.2, 0.25) is 5.02 Å². The van der Waals surface area contributed by atoms with Gasteiger partial charge in [-0.1, -0.05) is 23.7 Å². The SMILES string of the molecule is COc1ccc(CCNc2nccc(C#N)c2Cl)cc1. The zero-order chi connectivity index (χ0) is 14.4. The Morgan fingerprint density at radius 1 is 1.30 bits per heavy atom. The number of ether oxygens (including phenoxy) is 1. The van der Waals surface area contributed by atoms with Gasteiger partial charge in [-0.3, -0.25) is 0 Å². The van der Waals surface area contributed by atoms with Gasteiger partial charge in [0, 0.05) is 12.7 Å². The number of nitrogens with zero attached hydrogens (tertiary/aromatic N) is 2. The molecule has 1 aromatic carbocycles. The van der Waals surface area contributed by atoms with Crippen LogP contribution in [0.25, 0.3) is 0 Å². The Morgan fingerprint density at radius 3 is 2.70 bits per heavy atom. The Balaban J connectivity index is 1.94. The average Bonchev–Trinajstić information content (AvgIpc) is 2.49. The summed E-state index contributed by atoms with van der Waals surface area (Å²) < 4.78 is 5.11. The molecule has 0 saturated carbocycles. The number of aromatic nitrogens is 1. The topological polar surface area (TPSA) is 57.9 Å². The number of nitrogens with one attached hydrogen (secondary N) is 1. The van der Waals surface area contributed by atoms with Crippen LogP contribution in [0, 0.1) is 11.3 Å². The van der Waals surface area contributed by atoms with Crippen molar-refractivity contribution in [1.82, 2.24) is 4.98 Å². The zero-order valence-corrected chi connectivity index (χ0v) is 11.8. The van der Waals surface area contributed by atoms with Crippen molar-refractivity contribution in [1.29, 1.82) is 5.26 Å². The van der Waals surface area contributed by atoms with E-state index in [9.17, 15) is 0 Å². The van der Waals surface area contributed by atoms with Gasteiger partial charge in [-0.25, -0.2) is 4.98 Å². The summed E-state index contributed by atoms with van der Waals surface area (Å²) in [7, 11) is 1.65. The summed E-state index contributed by atoms with van der Waals surface area (Å²) in [4.78, 5) is 4.13. The second-order valence-electron chi connectivity index (χ2n) is 4.16. The van der Waals surface area contributed by atoms with Crippen LogP contribution in [0.1, 0.15) is 11.1 Å². The largest absolute Gasteiger partial charge is 0.497 e. The van der Waals surface area contributed by atoms with Crippen molar-refractivity contribution < 1.29 is 4.74 Å². The lowest BCUT2D eigenvalue weighted by Gasteiger charge is -2.08. The normalized spacial score (nSPS) is 9.85. The molecule has 0 aliphatic heterocycles. The van der Waals surface area contributed by atoms with Gasteiger partial charge in [-0.15, -0.1) is 0 Å². The summed E-state index contributed by atoms with van der Waals surface area (Å²) in [6, 6.07) is 11.5. The van der Waals surface area contributed by atoms with Crippen LogP contribution in [0.5, 0.6) is 5.75 Å². The standard InChI is InChI=1S/C15H14ClN3O/c1-20-13-4-2-11(3-5-13)6-8-18-15-14(16)12(10-17)7-9-19-15/h2-5,7,9H,6,8H2,1H3,(H,18,19). The Bertz CT molecular complexity index is 620. The predicted octanol–water partition coefficient (Wildman–Crippen LogP) is 3.27. The highest BCUT2D eigenvalue weighted by Crippen LogP contribution is 2.22. The zero-order valence-electron chi connectivity index (χ0n) is 11.1. The summed E-state index contributed by atoms with van der Waals surface area (Å²) in [6.07, 6.45) is 2.40. The van der Waals surface area contributed by atoms with Crippen molar-refractivity contribution in [2.24, 2.45) is 0 Å². The van der Waals surface area contributed by atoms with Crippen molar-refractivity contribution in [3.8, 4) is 11.8 Å². The van der Waals surface area contributed by atoms with Crippen LogP contribution in [0.3, 0.4) is 0 Å². The highest BCUT2D eigenvalue weighted by atomic mass is 35.5. The van der Waals surface area contributed by atoms with E-state index in [2.05, 4.69) is 10.3 Å². The van der Waals surface area contributed by atoms with Crippen molar-refractivity contribution in [2.75, 3.05) is 19.0 Å². The Morgan fingerprint density at radius 2 is 2.05 bits per heavy atom. The minimum Gasteiger partial charge on any atom is -0.497 e. The van der Waals surface area contributed by atoms with E-state index >= 15 is 0 Å². The van der Waals surface area contributed by atoms with E-state index in [-0.39, 0.29) is 0 Å². The van der Waals surface area contributed by atoms with E-state index in [4.69, 9.17) is 21.6 Å². The third-order valence-electron chi connectivity index (χ3n) is 2.87. The monoisotopic (exact) mass is 287 g/mol. The molecular weight excluding hydrogens is 274 g/mol. The van der Waals surface area contributed by atoms with Gasteiger partial charge in [-0.05, 0) is 30.2 Å². The average molecular weight is 288 g/mol. The maximum Gasteiger partial charge on any atom is 0.146 e. The Kier molecular flexibility index (Phi) is 4.80. The van der Waals surface area contributed by atoms with Crippen molar-refractivity contribution >= 4 is 17.4 Å². The lowest BCUT2D eigenvalue weighted by molar-refractivity contribution is 0.414. The Hall–Kier alpha value is -2.25. The second-order valence-corrected chi connectivity index (χ2v) is 4.54. The fraction of sp³-hybridized carbons (Fsp3) is 0.200. The van der Waals surface area contributed by atoms with Crippen LogP contribution >= 0.6 is 11.6 Å². The molecule has 4 nitrogen and oxygen atoms in total. The quantitative estimate of drug-likeness (QED) is 0.917. The molecule has 0 aliphatic carbocycles. The highest BCUT2D eigenvalue weighted by molar-refractivity contribution is 6.34. The summed E-state index contributed by atoms with van der Waals surface area (Å²) in [5, 5.41) is 12.4. The molecule has 5 heteroatoms. The number of hydrogen-bond acceptors (Lipinski definition) is 4. The minimum absolute atomic E-state index is 0.365. The summed E-state index contributed by atoms with van der Waals surface area (Å²) >= 11 is 6.07. The predicted molar refractivity (Wildman–Crippen MR) is 79.1 cm³/mol. The molecule has 2 rings (SSSR count). The van der Waals surface area contributed by atoms with Crippen molar-refractivity contribution in [2.45, 2.75) is 6.42 Å². The van der Waals surface area contributed by atoms with Crippen molar-refractivity contribution in [3.05, 3.63) is 52.7 Å². The number of halogens is 1. The van der Waals surface area contributed by atoms with Crippen LogP contribution in [-0.4, -0.2) is 18.6 Å². The summed E-state index contributed by atoms with van der Waals surface area (Å²) in [6.45, 7) is 0.688. The number of nitriles is 1. The maximum absolute atomic E-state index is 8.89. The first-order valence-electron chi connectivity index (χ1n) is 6.16. The van der Waals surface area contributed by atoms with Crippen LogP contribution in [0.15, 0.2) is 36.5 Å². The third kappa shape index (κ3) is 3.40. The molecule has 0 radical (unpaired) electrons. The second kappa shape index (κ2) is 6.78. The number of pyridine rings is 1. The maximum atomic E-state index is 8.89. The van der Waals surface area contributed by atoms with E-state index in [0.717, 1.165) is 12.2 Å². The molecule has 0 saturated heterocycles. The van der Waals surface area contributed by atoms with Gasteiger partial charge in [0.2, 0.25) is 0 Å². The summed E-state index contributed by atoms with van der Waals surface area (Å²) in [5.74, 6) is 1.38. The van der Waals surface area contributed by atoms with Gasteiger partial charge in [0.25, 0.3) is 0 Å². The molecule has 0 spiro atoms. The van der Waals surface area contributed by atoms with Gasteiger partial charge < -0.3 is 10.1 Å². The van der Waals surface area contributed by atoms with Crippen LogP contribution in [-0.2, 0) is 6.42 Å². The number of anilines is 1. The third-order valence-corrected chi connectivity index (χ3v) is 3.26. The van der Waals surface area contributed by atoms with E-state index in [1.807, 2.05) is 30.3 Å². The number of rotatable bonds is 5. The molecule has 1 heterocycles. The molecule has 0 unspecified atom stereocenters. The van der Waals surface area contributed by atoms with E-state index in [0.29, 0.717) is 22.9 Å². The minimum atomic E-state index is 0.365. The molecule has 0 aliphatic rings. The number of benzene rings is 1. The van der Waals surface area contributed by atoms with Crippen LogP contribution < -0.4 is 10.1 Å². The van der Waals surface area contributed by atoms with E-state index in [1.165, 1.54) is 5.56 Å². The number of hydrogen-bond donors (Lipinski definition) is 1. The molecule has 2 aromatic rings.